The molecule has 3 aromatic rings. The second-order valence-corrected chi connectivity index (χ2v) is 11.5. The number of phenolic OH excluding ortho intramolecular Hbond substituents is 2. The first-order valence-electron chi connectivity index (χ1n) is 13.5. The Balaban J connectivity index is 1.68. The Kier molecular flexibility index (Phi) is 8.24. The third-order valence-electron chi connectivity index (χ3n) is 7.47. The number of aromatic hydroxyl groups is 2. The van der Waals surface area contributed by atoms with Crippen molar-refractivity contribution in [2.45, 2.75) is 65.7 Å². The molecule has 4 rings (SSSR count). The number of hydrogen-bond acceptors (Lipinski definition) is 6. The largest absolute Gasteiger partial charge is 0.850 e. The molecule has 1 saturated carbocycles. The van der Waals surface area contributed by atoms with Crippen LogP contribution < -0.4 is 20.0 Å². The third kappa shape index (κ3) is 5.47. The monoisotopic (exact) mass is 516 g/mol. The van der Waals surface area contributed by atoms with Gasteiger partial charge in [-0.1, -0.05) is 64.2 Å². The van der Waals surface area contributed by atoms with Gasteiger partial charge in [-0.3, -0.25) is 0 Å². The van der Waals surface area contributed by atoms with E-state index in [1.807, 2.05) is 67.3 Å². The lowest BCUT2D eigenvalue weighted by Gasteiger charge is -2.64. The Morgan fingerprint density at radius 2 is 1.26 bits per heavy atom. The number of para-hydroxylation sites is 1. The Morgan fingerprint density at radius 3 is 1.76 bits per heavy atom. The van der Waals surface area contributed by atoms with Gasteiger partial charge in [0.25, 0.3) is 0 Å². The van der Waals surface area contributed by atoms with E-state index in [4.69, 9.17) is 0 Å². The van der Waals surface area contributed by atoms with Crippen molar-refractivity contribution < 1.29 is 20.4 Å². The minimum Gasteiger partial charge on any atom is -0.850 e. The minimum absolute atomic E-state index is 0.0622. The maximum absolute atomic E-state index is 13.7. The second kappa shape index (κ2) is 11.3. The SMILES string of the molecule is Cc1ccc(N(c2ccccc2)C2C([O-])C(c3c(O)cc(N(CC(C)C)CC(C)C)cc3O)C2[O-])cc1C. The van der Waals surface area contributed by atoms with Crippen molar-refractivity contribution >= 4 is 17.1 Å². The van der Waals surface area contributed by atoms with Crippen LogP contribution in [0.2, 0.25) is 0 Å². The number of phenols is 2. The van der Waals surface area contributed by atoms with Crippen molar-refractivity contribution in [2.24, 2.45) is 11.8 Å². The fraction of sp³-hybridized carbons (Fsp3) is 0.438. The summed E-state index contributed by atoms with van der Waals surface area (Å²) in [6.07, 6.45) is -2.66. The Morgan fingerprint density at radius 1 is 0.711 bits per heavy atom. The van der Waals surface area contributed by atoms with E-state index in [9.17, 15) is 20.4 Å². The lowest BCUT2D eigenvalue weighted by molar-refractivity contribution is -0.532. The first kappa shape index (κ1) is 27.8. The normalized spacial score (nSPS) is 21.0. The first-order valence-corrected chi connectivity index (χ1v) is 13.5. The van der Waals surface area contributed by atoms with Crippen molar-refractivity contribution in [3.8, 4) is 11.5 Å². The lowest BCUT2D eigenvalue weighted by Crippen LogP contribution is -2.73. The smallest absolute Gasteiger partial charge is 0.124 e. The van der Waals surface area contributed by atoms with Crippen molar-refractivity contribution in [1.82, 2.24) is 0 Å². The molecule has 2 unspecified atom stereocenters. The second-order valence-electron chi connectivity index (χ2n) is 11.5. The van der Waals surface area contributed by atoms with E-state index in [0.717, 1.165) is 35.6 Å². The molecule has 0 amide bonds. The zero-order valence-corrected chi connectivity index (χ0v) is 23.3. The highest BCUT2D eigenvalue weighted by Gasteiger charge is 2.44. The van der Waals surface area contributed by atoms with Gasteiger partial charge in [0, 0.05) is 53.9 Å². The predicted molar refractivity (Wildman–Crippen MR) is 150 cm³/mol. The molecule has 1 aliphatic carbocycles. The quantitative estimate of drug-likeness (QED) is 0.432. The lowest BCUT2D eigenvalue weighted by atomic mass is 9.68. The van der Waals surface area contributed by atoms with Crippen molar-refractivity contribution in [3.05, 3.63) is 77.4 Å². The number of rotatable bonds is 9. The van der Waals surface area contributed by atoms with Crippen LogP contribution in [0.15, 0.2) is 60.7 Å². The van der Waals surface area contributed by atoms with Gasteiger partial charge in [-0.25, -0.2) is 0 Å². The van der Waals surface area contributed by atoms with Gasteiger partial charge in [0.1, 0.15) is 11.5 Å². The summed E-state index contributed by atoms with van der Waals surface area (Å²) in [7, 11) is 0. The average Bonchev–Trinajstić information content (AvgIpc) is 2.85. The van der Waals surface area contributed by atoms with Crippen molar-refractivity contribution in [3.63, 3.8) is 0 Å². The van der Waals surface area contributed by atoms with E-state index in [2.05, 4.69) is 32.6 Å². The molecule has 0 spiro atoms. The molecule has 2 N–H and O–H groups in total. The van der Waals surface area contributed by atoms with E-state index in [1.54, 1.807) is 12.1 Å². The summed E-state index contributed by atoms with van der Waals surface area (Å²) in [6.45, 7) is 14.0. The van der Waals surface area contributed by atoms with Gasteiger partial charge in [0.15, 0.2) is 0 Å². The number of hydrogen-bond donors (Lipinski definition) is 2. The molecule has 0 radical (unpaired) electrons. The maximum Gasteiger partial charge on any atom is 0.124 e. The third-order valence-corrected chi connectivity index (χ3v) is 7.47. The van der Waals surface area contributed by atoms with Gasteiger partial charge in [-0.2, -0.15) is 0 Å². The van der Waals surface area contributed by atoms with Gasteiger partial charge < -0.3 is 30.2 Å². The van der Waals surface area contributed by atoms with Crippen LogP contribution in [0, 0.1) is 25.7 Å². The molecule has 38 heavy (non-hydrogen) atoms. The molecule has 1 aliphatic rings. The Bertz CT molecular complexity index is 1200. The van der Waals surface area contributed by atoms with Crippen LogP contribution in [0.25, 0.3) is 0 Å². The van der Waals surface area contributed by atoms with E-state index >= 15 is 0 Å². The number of aryl methyl sites for hydroxylation is 2. The number of anilines is 3. The van der Waals surface area contributed by atoms with E-state index in [0.29, 0.717) is 17.5 Å². The van der Waals surface area contributed by atoms with Crippen LogP contribution in [-0.4, -0.2) is 41.6 Å². The summed E-state index contributed by atoms with van der Waals surface area (Å²) in [5.74, 6) is -0.663. The molecule has 0 aromatic heterocycles. The van der Waals surface area contributed by atoms with Crippen LogP contribution in [-0.2, 0) is 0 Å². The molecule has 0 bridgehead atoms. The van der Waals surface area contributed by atoms with Crippen molar-refractivity contribution in [2.75, 3.05) is 22.9 Å². The minimum atomic E-state index is -1.33. The maximum atomic E-state index is 13.7. The fourth-order valence-electron chi connectivity index (χ4n) is 5.53. The molecular formula is C32H40N2O4-2. The van der Waals surface area contributed by atoms with Crippen molar-refractivity contribution in [1.29, 1.82) is 0 Å². The van der Waals surface area contributed by atoms with Gasteiger partial charge in [0.05, 0.1) is 0 Å². The van der Waals surface area contributed by atoms with Crippen LogP contribution in [0.1, 0.15) is 50.3 Å². The Labute approximate surface area is 226 Å². The molecule has 2 atom stereocenters. The Hall–Kier alpha value is -3.22. The number of benzene rings is 3. The summed E-state index contributed by atoms with van der Waals surface area (Å²) < 4.78 is 0. The standard InChI is InChI=1S/C32H40N2O4/c1-19(2)17-33(18-20(3)4)25-15-26(35)28(27(36)16-25)29-31(37)30(32(29)38)34(23-10-8-7-9-11-23)24-13-12-21(5)22(6)14-24/h7-16,19-20,29-32,35-36H,17-18H2,1-6H3/q-2. The molecule has 6 nitrogen and oxygen atoms in total. The van der Waals surface area contributed by atoms with Crippen LogP contribution >= 0.6 is 0 Å². The van der Waals surface area contributed by atoms with E-state index < -0.39 is 24.2 Å². The molecule has 0 heterocycles. The highest BCUT2D eigenvalue weighted by atomic mass is 16.3. The van der Waals surface area contributed by atoms with Gasteiger partial charge in [-0.15, -0.1) is 0 Å². The highest BCUT2D eigenvalue weighted by molar-refractivity contribution is 5.68. The van der Waals surface area contributed by atoms with Crippen LogP contribution in [0.3, 0.4) is 0 Å². The molecule has 6 heteroatoms. The summed E-state index contributed by atoms with van der Waals surface area (Å²) in [6, 6.07) is 17.7. The molecule has 0 saturated heterocycles. The topological polar surface area (TPSA) is 93.1 Å². The molecule has 1 fully saturated rings. The molecule has 3 aromatic carbocycles. The zero-order chi connectivity index (χ0) is 27.7. The van der Waals surface area contributed by atoms with Crippen LogP contribution in [0.4, 0.5) is 17.1 Å². The van der Waals surface area contributed by atoms with Gasteiger partial charge in [0.2, 0.25) is 0 Å². The summed E-state index contributed by atoms with van der Waals surface area (Å²) >= 11 is 0. The van der Waals surface area contributed by atoms with E-state index in [1.165, 1.54) is 0 Å². The summed E-state index contributed by atoms with van der Waals surface area (Å²) in [4.78, 5) is 3.95. The zero-order valence-electron chi connectivity index (χ0n) is 23.3. The summed E-state index contributed by atoms with van der Waals surface area (Å²) in [5.41, 5.74) is 4.50. The van der Waals surface area contributed by atoms with Gasteiger partial charge in [-0.05, 0) is 67.0 Å². The molecule has 204 valence electrons. The van der Waals surface area contributed by atoms with Gasteiger partial charge >= 0.3 is 0 Å². The molecular weight excluding hydrogens is 476 g/mol. The number of nitrogens with zero attached hydrogens (tertiary/aromatic N) is 2. The summed E-state index contributed by atoms with van der Waals surface area (Å²) in [5, 5.41) is 49.5. The predicted octanol–water partition coefficient (Wildman–Crippen LogP) is 4.59. The first-order chi connectivity index (χ1) is 18.0. The average molecular weight is 517 g/mol. The highest BCUT2D eigenvalue weighted by Crippen LogP contribution is 2.49. The van der Waals surface area contributed by atoms with Crippen LogP contribution in [0.5, 0.6) is 11.5 Å². The van der Waals surface area contributed by atoms with E-state index in [-0.39, 0.29) is 17.1 Å². The fourth-order valence-corrected chi connectivity index (χ4v) is 5.53. The molecule has 0 aliphatic heterocycles.